The van der Waals surface area contributed by atoms with Gasteiger partial charge in [0.2, 0.25) is 11.8 Å². The summed E-state index contributed by atoms with van der Waals surface area (Å²) in [4.78, 5) is 10.5. The van der Waals surface area contributed by atoms with E-state index in [1.165, 1.54) is 7.11 Å². The molecule has 9 nitrogen and oxygen atoms in total. The fraction of sp³-hybridized carbons (Fsp3) is 0.435. The minimum atomic E-state index is -2.93. The number of aromatic nitrogens is 5. The molecule has 5 heterocycles. The maximum Gasteiger partial charge on any atom is 0.281 e. The van der Waals surface area contributed by atoms with E-state index < -0.39 is 18.6 Å². The van der Waals surface area contributed by atoms with Crippen LogP contribution < -0.4 is 10.1 Å². The maximum atomic E-state index is 14.7. The van der Waals surface area contributed by atoms with Gasteiger partial charge in [-0.05, 0) is 23.8 Å². The predicted molar refractivity (Wildman–Crippen MR) is 123 cm³/mol. The predicted octanol–water partition coefficient (Wildman–Crippen LogP) is 2.85. The van der Waals surface area contributed by atoms with Gasteiger partial charge in [-0.15, -0.1) is 5.10 Å². The van der Waals surface area contributed by atoms with E-state index in [1.54, 1.807) is 26.5 Å². The van der Waals surface area contributed by atoms with Crippen LogP contribution in [0.5, 0.6) is 5.88 Å². The quantitative estimate of drug-likeness (QED) is 0.429. The van der Waals surface area contributed by atoms with Gasteiger partial charge >= 0.3 is 0 Å². The van der Waals surface area contributed by atoms with Crippen molar-refractivity contribution in [2.75, 3.05) is 45.4 Å². The van der Waals surface area contributed by atoms with Crippen LogP contribution in [0.15, 0.2) is 36.8 Å². The summed E-state index contributed by atoms with van der Waals surface area (Å²) in [6.45, 7) is 0.530. The van der Waals surface area contributed by atoms with Gasteiger partial charge in [-0.2, -0.15) is 4.98 Å². The van der Waals surface area contributed by atoms with Crippen LogP contribution in [0.2, 0.25) is 0 Å². The molecule has 3 aromatic heterocycles. The molecule has 1 atom stereocenters. The highest BCUT2D eigenvalue weighted by Crippen LogP contribution is 2.35. The average Bonchev–Trinajstić information content (AvgIpc) is 3.48. The van der Waals surface area contributed by atoms with Crippen LogP contribution in [-0.2, 0) is 11.3 Å². The van der Waals surface area contributed by atoms with Gasteiger partial charge < -0.3 is 19.4 Å². The van der Waals surface area contributed by atoms with Gasteiger partial charge in [-0.1, -0.05) is 6.07 Å². The maximum absolute atomic E-state index is 14.7. The third kappa shape index (κ3) is 3.76. The summed E-state index contributed by atoms with van der Waals surface area (Å²) < 4.78 is 56.4. The smallest absolute Gasteiger partial charge is 0.281 e. The molecule has 2 aliphatic heterocycles. The molecule has 0 aliphatic carbocycles. The Labute approximate surface area is 198 Å². The van der Waals surface area contributed by atoms with Crippen molar-refractivity contribution in [1.29, 1.82) is 0 Å². The first-order chi connectivity index (χ1) is 17.0. The zero-order valence-electron chi connectivity index (χ0n) is 19.0. The van der Waals surface area contributed by atoms with Crippen LogP contribution in [0.4, 0.5) is 19.1 Å². The molecule has 12 heteroatoms. The molecule has 184 valence electrons. The number of likely N-dealkylation sites (tertiary alicyclic amines) is 1. The Balaban J connectivity index is 1.33. The molecule has 1 N–H and O–H groups in total. The molecule has 0 bridgehead atoms. The Hall–Kier alpha value is -3.38. The molecular weight excluding hydrogens is 463 g/mol. The number of nitrogens with one attached hydrogen (secondary N) is 1. The van der Waals surface area contributed by atoms with E-state index in [0.29, 0.717) is 18.7 Å². The SMILES string of the molecule is COc1nc(N[C@@H]2CN(C3COC3)CC2(F)F)nn2ccc(-c3ccc4ncn(CCF)c4c3)c12. The third-order valence-corrected chi connectivity index (χ3v) is 6.71. The molecule has 1 aromatic carbocycles. The van der Waals surface area contributed by atoms with Crippen LogP contribution in [0.3, 0.4) is 0 Å². The number of methoxy groups -OCH3 is 1. The molecule has 0 spiro atoms. The van der Waals surface area contributed by atoms with Crippen molar-refractivity contribution in [2.45, 2.75) is 24.6 Å². The molecule has 2 aliphatic rings. The standard InChI is InChI=1S/C23H24F3N7O2/c1-34-21-20-16(14-2-3-17-18(8-14)31(7-5-24)13-27-17)4-6-33(20)30-22(29-21)28-19-9-32(12-23(19,25)26)15-10-35-11-15/h2-4,6,8,13,15,19H,5,7,9-12H2,1H3,(H,28,30)/t19-/m1/s1. The molecule has 0 amide bonds. The number of halogens is 3. The highest BCUT2D eigenvalue weighted by molar-refractivity contribution is 5.89. The van der Waals surface area contributed by atoms with Crippen molar-refractivity contribution in [3.05, 3.63) is 36.8 Å². The number of rotatable bonds is 7. The highest BCUT2D eigenvalue weighted by atomic mass is 19.3. The number of ether oxygens (including phenoxy) is 2. The van der Waals surface area contributed by atoms with Crippen molar-refractivity contribution in [3.8, 4) is 17.0 Å². The fourth-order valence-electron chi connectivity index (χ4n) is 4.75. The molecule has 4 aromatic rings. The zero-order chi connectivity index (χ0) is 24.2. The first-order valence-corrected chi connectivity index (χ1v) is 11.4. The van der Waals surface area contributed by atoms with Crippen LogP contribution in [0, 0.1) is 0 Å². The molecule has 35 heavy (non-hydrogen) atoms. The molecule has 0 saturated carbocycles. The van der Waals surface area contributed by atoms with Gasteiger partial charge in [0.15, 0.2) is 0 Å². The molecule has 0 radical (unpaired) electrons. The van der Waals surface area contributed by atoms with E-state index in [0.717, 1.165) is 22.2 Å². The summed E-state index contributed by atoms with van der Waals surface area (Å²) >= 11 is 0. The van der Waals surface area contributed by atoms with Gasteiger partial charge in [0, 0.05) is 18.3 Å². The number of imidazole rings is 1. The lowest BCUT2D eigenvalue weighted by atomic mass is 10.1. The topological polar surface area (TPSA) is 81.7 Å². The Morgan fingerprint density at radius 2 is 2.11 bits per heavy atom. The lowest BCUT2D eigenvalue weighted by Gasteiger charge is -2.34. The Kier molecular flexibility index (Phi) is 5.29. The number of fused-ring (bicyclic) bond motifs is 2. The van der Waals surface area contributed by atoms with Gasteiger partial charge in [-0.3, -0.25) is 4.90 Å². The zero-order valence-corrected chi connectivity index (χ0v) is 19.0. The number of aryl methyl sites for hydroxylation is 1. The van der Waals surface area contributed by atoms with Crippen molar-refractivity contribution in [2.24, 2.45) is 0 Å². The van der Waals surface area contributed by atoms with Gasteiger partial charge in [0.25, 0.3) is 5.92 Å². The van der Waals surface area contributed by atoms with Crippen molar-refractivity contribution < 1.29 is 22.6 Å². The number of hydrogen-bond acceptors (Lipinski definition) is 7. The molecule has 2 fully saturated rings. The van der Waals surface area contributed by atoms with Gasteiger partial charge in [0.05, 0.1) is 56.8 Å². The number of hydrogen-bond donors (Lipinski definition) is 1. The third-order valence-electron chi connectivity index (χ3n) is 6.71. The normalized spacial score (nSPS) is 20.5. The van der Waals surface area contributed by atoms with Gasteiger partial charge in [-0.25, -0.2) is 22.7 Å². The minimum absolute atomic E-state index is 0.0242. The number of anilines is 1. The van der Waals surface area contributed by atoms with Crippen LogP contribution >= 0.6 is 0 Å². The van der Waals surface area contributed by atoms with E-state index in [-0.39, 0.29) is 37.5 Å². The number of nitrogens with zero attached hydrogens (tertiary/aromatic N) is 6. The van der Waals surface area contributed by atoms with Crippen LogP contribution in [0.25, 0.3) is 27.7 Å². The minimum Gasteiger partial charge on any atom is -0.479 e. The average molecular weight is 487 g/mol. The van der Waals surface area contributed by atoms with Crippen LogP contribution in [-0.4, -0.2) is 87.1 Å². The van der Waals surface area contributed by atoms with E-state index >= 15 is 0 Å². The summed E-state index contributed by atoms with van der Waals surface area (Å²) in [5, 5.41) is 7.25. The van der Waals surface area contributed by atoms with Gasteiger partial charge in [0.1, 0.15) is 18.2 Å². The summed E-state index contributed by atoms with van der Waals surface area (Å²) in [5.41, 5.74) is 3.82. The molecular formula is C23H24F3N7O2. The lowest BCUT2D eigenvalue weighted by Crippen LogP contribution is -2.48. The van der Waals surface area contributed by atoms with Crippen molar-refractivity contribution >= 4 is 22.5 Å². The Bertz CT molecular complexity index is 1380. The number of alkyl halides is 3. The van der Waals surface area contributed by atoms with E-state index in [2.05, 4.69) is 20.4 Å². The first-order valence-electron chi connectivity index (χ1n) is 11.4. The molecule has 0 unspecified atom stereocenters. The van der Waals surface area contributed by atoms with E-state index in [9.17, 15) is 13.2 Å². The lowest BCUT2D eigenvalue weighted by molar-refractivity contribution is -0.0711. The second kappa shape index (κ2) is 8.38. The number of benzene rings is 1. The summed E-state index contributed by atoms with van der Waals surface area (Å²) in [6, 6.07) is 6.46. The van der Waals surface area contributed by atoms with E-state index in [1.807, 2.05) is 24.3 Å². The Morgan fingerprint density at radius 1 is 1.26 bits per heavy atom. The summed E-state index contributed by atoms with van der Waals surface area (Å²) in [7, 11) is 1.48. The largest absolute Gasteiger partial charge is 0.479 e. The Morgan fingerprint density at radius 3 is 2.86 bits per heavy atom. The van der Waals surface area contributed by atoms with Crippen molar-refractivity contribution in [3.63, 3.8) is 0 Å². The first kappa shape index (κ1) is 22.1. The molecule has 6 rings (SSSR count). The van der Waals surface area contributed by atoms with Crippen LogP contribution in [0.1, 0.15) is 0 Å². The highest BCUT2D eigenvalue weighted by Gasteiger charge is 2.51. The monoisotopic (exact) mass is 487 g/mol. The summed E-state index contributed by atoms with van der Waals surface area (Å²) in [5.74, 6) is -2.61. The second-order valence-electron chi connectivity index (χ2n) is 8.88. The second-order valence-corrected chi connectivity index (χ2v) is 8.88. The van der Waals surface area contributed by atoms with E-state index in [4.69, 9.17) is 9.47 Å². The summed E-state index contributed by atoms with van der Waals surface area (Å²) in [6.07, 6.45) is 3.35. The fourth-order valence-corrected chi connectivity index (χ4v) is 4.75. The van der Waals surface area contributed by atoms with Crippen molar-refractivity contribution in [1.82, 2.24) is 29.0 Å². The molecule has 2 saturated heterocycles.